The Morgan fingerprint density at radius 1 is 0.882 bits per heavy atom. The molecule has 0 saturated carbocycles. The van der Waals surface area contributed by atoms with Crippen molar-refractivity contribution < 1.29 is 9.47 Å². The molecule has 0 N–H and O–H groups in total. The summed E-state index contributed by atoms with van der Waals surface area (Å²) < 4.78 is 11.3. The highest BCUT2D eigenvalue weighted by Gasteiger charge is 2.32. The van der Waals surface area contributed by atoms with Gasteiger partial charge < -0.3 is 9.47 Å². The van der Waals surface area contributed by atoms with Crippen LogP contribution in [-0.4, -0.2) is 7.11 Å². The van der Waals surface area contributed by atoms with Crippen LogP contribution in [0.1, 0.15) is 29.1 Å². The van der Waals surface area contributed by atoms with Gasteiger partial charge >= 0.3 is 0 Å². The molecule has 86 valence electrons. The zero-order valence-electron chi connectivity index (χ0n) is 9.67. The van der Waals surface area contributed by atoms with Crippen molar-refractivity contribution in [2.45, 2.75) is 12.4 Å². The third-order valence-corrected chi connectivity index (χ3v) is 3.11. The van der Waals surface area contributed by atoms with Gasteiger partial charge in [-0.2, -0.15) is 0 Å². The molecule has 2 atom stereocenters. The van der Waals surface area contributed by atoms with E-state index in [2.05, 4.69) is 24.3 Å². The highest BCUT2D eigenvalue weighted by atomic mass is 16.7. The van der Waals surface area contributed by atoms with E-state index in [0.29, 0.717) is 0 Å². The van der Waals surface area contributed by atoms with Gasteiger partial charge in [0.25, 0.3) is 0 Å². The second-order valence-corrected chi connectivity index (χ2v) is 4.12. The normalized spacial score (nSPS) is 22.4. The van der Waals surface area contributed by atoms with Gasteiger partial charge in [-0.15, -0.1) is 0 Å². The summed E-state index contributed by atoms with van der Waals surface area (Å²) in [5, 5.41) is 0. The molecule has 0 spiro atoms. The van der Waals surface area contributed by atoms with Crippen molar-refractivity contribution in [3.63, 3.8) is 0 Å². The molecule has 3 rings (SSSR count). The number of benzene rings is 2. The first kappa shape index (κ1) is 10.5. The van der Waals surface area contributed by atoms with Gasteiger partial charge in [0.1, 0.15) is 6.10 Å². The van der Waals surface area contributed by atoms with Gasteiger partial charge in [-0.1, -0.05) is 54.6 Å². The van der Waals surface area contributed by atoms with E-state index in [1.54, 1.807) is 7.11 Å². The van der Waals surface area contributed by atoms with Crippen LogP contribution in [0.5, 0.6) is 0 Å². The van der Waals surface area contributed by atoms with E-state index in [1.165, 1.54) is 11.1 Å². The SMILES string of the molecule is CO[C@H]1O[C@H](c2ccccc2)c2ccccc21. The van der Waals surface area contributed by atoms with Crippen molar-refractivity contribution in [1.82, 2.24) is 0 Å². The third kappa shape index (κ3) is 1.75. The van der Waals surface area contributed by atoms with Crippen molar-refractivity contribution in [2.75, 3.05) is 7.11 Å². The van der Waals surface area contributed by atoms with Crippen molar-refractivity contribution >= 4 is 0 Å². The molecule has 2 heteroatoms. The minimum Gasteiger partial charge on any atom is -0.352 e. The maximum Gasteiger partial charge on any atom is 0.185 e. The Balaban J connectivity index is 2.05. The highest BCUT2D eigenvalue weighted by Crippen LogP contribution is 2.42. The Morgan fingerprint density at radius 2 is 1.53 bits per heavy atom. The van der Waals surface area contributed by atoms with Crippen molar-refractivity contribution in [3.05, 3.63) is 71.3 Å². The van der Waals surface area contributed by atoms with Gasteiger partial charge in [0.2, 0.25) is 0 Å². The van der Waals surface area contributed by atoms with Crippen LogP contribution in [0.4, 0.5) is 0 Å². The Kier molecular flexibility index (Phi) is 2.67. The second kappa shape index (κ2) is 4.32. The summed E-state index contributed by atoms with van der Waals surface area (Å²) in [4.78, 5) is 0. The molecule has 0 bridgehead atoms. The predicted molar refractivity (Wildman–Crippen MR) is 65.6 cm³/mol. The van der Waals surface area contributed by atoms with Gasteiger partial charge in [0.05, 0.1) is 0 Å². The fourth-order valence-electron chi connectivity index (χ4n) is 2.30. The van der Waals surface area contributed by atoms with Crippen molar-refractivity contribution in [2.24, 2.45) is 0 Å². The Bertz CT molecular complexity index is 507. The fraction of sp³-hybridized carbons (Fsp3) is 0.200. The molecule has 2 nitrogen and oxygen atoms in total. The van der Waals surface area contributed by atoms with Crippen LogP contribution in [0.2, 0.25) is 0 Å². The molecule has 1 aliphatic rings. The molecule has 1 heterocycles. The van der Waals surface area contributed by atoms with Crippen LogP contribution in [0, 0.1) is 0 Å². The summed E-state index contributed by atoms with van der Waals surface area (Å²) in [6.07, 6.45) is -0.270. The number of hydrogen-bond acceptors (Lipinski definition) is 2. The van der Waals surface area contributed by atoms with Crippen LogP contribution in [0.15, 0.2) is 54.6 Å². The van der Waals surface area contributed by atoms with Crippen molar-refractivity contribution in [1.29, 1.82) is 0 Å². The summed E-state index contributed by atoms with van der Waals surface area (Å²) in [6.45, 7) is 0. The zero-order valence-corrected chi connectivity index (χ0v) is 9.67. The first-order valence-corrected chi connectivity index (χ1v) is 5.72. The molecular formula is C15H14O2. The van der Waals surface area contributed by atoms with Gasteiger partial charge in [0.15, 0.2) is 6.29 Å². The number of ether oxygens (including phenoxy) is 2. The van der Waals surface area contributed by atoms with E-state index in [-0.39, 0.29) is 12.4 Å². The topological polar surface area (TPSA) is 18.5 Å². The Hall–Kier alpha value is -1.64. The van der Waals surface area contributed by atoms with Crippen LogP contribution >= 0.6 is 0 Å². The number of hydrogen-bond donors (Lipinski definition) is 0. The van der Waals surface area contributed by atoms with E-state index in [1.807, 2.05) is 30.3 Å². The maximum absolute atomic E-state index is 5.94. The van der Waals surface area contributed by atoms with Crippen LogP contribution in [0.25, 0.3) is 0 Å². The summed E-state index contributed by atoms with van der Waals surface area (Å²) in [5.41, 5.74) is 3.49. The second-order valence-electron chi connectivity index (χ2n) is 4.12. The lowest BCUT2D eigenvalue weighted by Crippen LogP contribution is -2.01. The van der Waals surface area contributed by atoms with E-state index in [9.17, 15) is 0 Å². The number of rotatable bonds is 2. The van der Waals surface area contributed by atoms with Crippen LogP contribution in [0.3, 0.4) is 0 Å². The largest absolute Gasteiger partial charge is 0.352 e. The van der Waals surface area contributed by atoms with E-state index >= 15 is 0 Å². The first-order chi connectivity index (χ1) is 8.40. The van der Waals surface area contributed by atoms with Gasteiger partial charge in [-0.3, -0.25) is 0 Å². The summed E-state index contributed by atoms with van der Waals surface area (Å²) >= 11 is 0. The van der Waals surface area contributed by atoms with Gasteiger partial charge in [-0.05, 0) is 11.1 Å². The molecule has 0 saturated heterocycles. The average molecular weight is 226 g/mol. The average Bonchev–Trinajstić information content (AvgIpc) is 2.78. The molecule has 2 aromatic carbocycles. The molecular weight excluding hydrogens is 212 g/mol. The third-order valence-electron chi connectivity index (χ3n) is 3.11. The fourth-order valence-corrected chi connectivity index (χ4v) is 2.30. The molecule has 0 amide bonds. The minimum atomic E-state index is -0.253. The lowest BCUT2D eigenvalue weighted by atomic mass is 9.99. The molecule has 0 fully saturated rings. The number of methoxy groups -OCH3 is 1. The van der Waals surface area contributed by atoms with Crippen LogP contribution in [-0.2, 0) is 9.47 Å². The van der Waals surface area contributed by atoms with Gasteiger partial charge in [0, 0.05) is 12.7 Å². The predicted octanol–water partition coefficient (Wildman–Crippen LogP) is 3.45. The smallest absolute Gasteiger partial charge is 0.185 e. The quantitative estimate of drug-likeness (QED) is 0.780. The standard InChI is InChI=1S/C15H14O2/c1-16-15-13-10-6-5-9-12(13)14(17-15)11-7-3-2-4-8-11/h2-10,14-15H,1H3/t14-,15+/m1/s1. The van der Waals surface area contributed by atoms with E-state index in [4.69, 9.17) is 9.47 Å². The summed E-state index contributed by atoms with van der Waals surface area (Å²) in [5.74, 6) is 0. The summed E-state index contributed by atoms with van der Waals surface area (Å²) in [6, 6.07) is 18.5. The lowest BCUT2D eigenvalue weighted by Gasteiger charge is -2.13. The van der Waals surface area contributed by atoms with Gasteiger partial charge in [-0.25, -0.2) is 0 Å². The molecule has 0 radical (unpaired) electrons. The molecule has 17 heavy (non-hydrogen) atoms. The Morgan fingerprint density at radius 3 is 2.24 bits per heavy atom. The van der Waals surface area contributed by atoms with Crippen molar-refractivity contribution in [3.8, 4) is 0 Å². The zero-order chi connectivity index (χ0) is 11.7. The first-order valence-electron chi connectivity index (χ1n) is 5.72. The van der Waals surface area contributed by atoms with E-state index in [0.717, 1.165) is 5.56 Å². The Labute approximate surface area is 101 Å². The molecule has 2 aromatic rings. The van der Waals surface area contributed by atoms with Crippen LogP contribution < -0.4 is 0 Å². The summed E-state index contributed by atoms with van der Waals surface area (Å²) in [7, 11) is 1.68. The molecule has 1 aliphatic heterocycles. The highest BCUT2D eigenvalue weighted by molar-refractivity contribution is 5.39. The monoisotopic (exact) mass is 226 g/mol. The molecule has 0 unspecified atom stereocenters. The van der Waals surface area contributed by atoms with E-state index < -0.39 is 0 Å². The minimum absolute atomic E-state index is 0.0163. The lowest BCUT2D eigenvalue weighted by molar-refractivity contribution is -0.132. The molecule has 0 aliphatic carbocycles. The number of fused-ring (bicyclic) bond motifs is 1. The maximum atomic E-state index is 5.94. The molecule has 0 aromatic heterocycles.